The van der Waals surface area contributed by atoms with Crippen molar-refractivity contribution in [1.29, 1.82) is 0 Å². The maximum absolute atomic E-state index is 13.6. The van der Waals surface area contributed by atoms with Crippen LogP contribution >= 0.6 is 0 Å². The summed E-state index contributed by atoms with van der Waals surface area (Å²) in [5.41, 5.74) is 1.25. The van der Waals surface area contributed by atoms with E-state index in [0.717, 1.165) is 5.56 Å². The molecule has 0 saturated carbocycles. The molecule has 2 aromatic carbocycles. The van der Waals surface area contributed by atoms with Crippen LogP contribution < -0.4 is 4.31 Å². The van der Waals surface area contributed by atoms with E-state index in [9.17, 15) is 18.0 Å². The van der Waals surface area contributed by atoms with Crippen molar-refractivity contribution in [3.05, 3.63) is 60.2 Å². The van der Waals surface area contributed by atoms with Crippen LogP contribution in [0.15, 0.2) is 59.5 Å². The van der Waals surface area contributed by atoms with Gasteiger partial charge in [0.25, 0.3) is 10.0 Å². The van der Waals surface area contributed by atoms with E-state index < -0.39 is 34.3 Å². The van der Waals surface area contributed by atoms with Gasteiger partial charge >= 0.3 is 12.1 Å². The molecule has 0 unspecified atom stereocenters. The first kappa shape index (κ1) is 19.3. The summed E-state index contributed by atoms with van der Waals surface area (Å²) in [5, 5.41) is 0. The molecule has 2 heterocycles. The molecule has 8 nitrogen and oxygen atoms in total. The number of amides is 1. The summed E-state index contributed by atoms with van der Waals surface area (Å²) in [6.45, 7) is 0. The Labute approximate surface area is 168 Å². The van der Waals surface area contributed by atoms with Crippen molar-refractivity contribution < 1.29 is 27.5 Å². The normalized spacial score (nSPS) is 22.8. The molecule has 9 heteroatoms. The number of carbonyl (C=O) groups is 2. The topological polar surface area (TPSA) is 93.2 Å². The number of esters is 1. The van der Waals surface area contributed by atoms with Gasteiger partial charge < -0.3 is 9.47 Å². The third-order valence-corrected chi connectivity index (χ3v) is 7.23. The number of ether oxygens (including phenoxy) is 2. The van der Waals surface area contributed by atoms with Gasteiger partial charge in [0.05, 0.1) is 24.8 Å². The van der Waals surface area contributed by atoms with Crippen molar-refractivity contribution in [2.75, 3.05) is 18.5 Å². The van der Waals surface area contributed by atoms with Crippen molar-refractivity contribution >= 4 is 27.8 Å². The molecule has 1 saturated heterocycles. The largest absolute Gasteiger partial charge is 0.467 e. The Morgan fingerprint density at radius 1 is 0.966 bits per heavy atom. The second-order valence-electron chi connectivity index (χ2n) is 6.84. The minimum absolute atomic E-state index is 0.0989. The number of nitrogens with zero attached hydrogens (tertiary/aromatic N) is 2. The summed E-state index contributed by atoms with van der Waals surface area (Å²) in [6, 6.07) is 14.1. The summed E-state index contributed by atoms with van der Waals surface area (Å²) in [4.78, 5) is 26.3. The molecule has 1 amide bonds. The van der Waals surface area contributed by atoms with E-state index in [1.165, 1.54) is 35.6 Å². The van der Waals surface area contributed by atoms with Gasteiger partial charge in [-0.15, -0.1) is 0 Å². The van der Waals surface area contributed by atoms with E-state index in [1.54, 1.807) is 30.3 Å². The average molecular weight is 416 g/mol. The highest BCUT2D eigenvalue weighted by molar-refractivity contribution is 7.92. The lowest BCUT2D eigenvalue weighted by molar-refractivity contribution is -0.145. The number of hydrogen-bond donors (Lipinski definition) is 0. The lowest BCUT2D eigenvalue weighted by Gasteiger charge is -2.34. The Morgan fingerprint density at radius 3 is 2.28 bits per heavy atom. The highest BCUT2D eigenvalue weighted by atomic mass is 32.2. The van der Waals surface area contributed by atoms with Crippen LogP contribution in [0.5, 0.6) is 0 Å². The smallest absolute Gasteiger partial charge is 0.411 e. The molecule has 1 fully saturated rings. The second kappa shape index (κ2) is 7.07. The summed E-state index contributed by atoms with van der Waals surface area (Å²) in [6.07, 6.45) is -1.47. The minimum atomic E-state index is -4.01. The van der Waals surface area contributed by atoms with Crippen molar-refractivity contribution in [3.8, 4) is 0 Å². The Balaban J connectivity index is 1.90. The monoisotopic (exact) mass is 416 g/mol. The molecule has 0 aliphatic carbocycles. The minimum Gasteiger partial charge on any atom is -0.467 e. The lowest BCUT2D eigenvalue weighted by Crippen LogP contribution is -2.53. The number of benzene rings is 2. The molecule has 2 aliphatic heterocycles. The van der Waals surface area contributed by atoms with Crippen LogP contribution in [0.25, 0.3) is 0 Å². The molecule has 4 rings (SSSR count). The van der Waals surface area contributed by atoms with Gasteiger partial charge in [-0.25, -0.2) is 22.3 Å². The fourth-order valence-electron chi connectivity index (χ4n) is 4.23. The Bertz CT molecular complexity index is 1060. The van der Waals surface area contributed by atoms with Gasteiger partial charge in [-0.2, -0.15) is 0 Å². The zero-order chi connectivity index (χ0) is 20.8. The van der Waals surface area contributed by atoms with Crippen LogP contribution in [0.1, 0.15) is 17.9 Å². The third kappa shape index (κ3) is 2.84. The maximum Gasteiger partial charge on any atom is 0.411 e. The molecule has 0 spiro atoms. The van der Waals surface area contributed by atoms with Crippen LogP contribution in [-0.2, 0) is 24.3 Å². The fourth-order valence-corrected chi connectivity index (χ4v) is 5.91. The summed E-state index contributed by atoms with van der Waals surface area (Å²) in [7, 11) is -1.57. The second-order valence-corrected chi connectivity index (χ2v) is 8.66. The zero-order valence-electron chi connectivity index (χ0n) is 15.9. The Morgan fingerprint density at radius 2 is 1.62 bits per heavy atom. The predicted octanol–water partition coefficient (Wildman–Crippen LogP) is 2.32. The number of fused-ring (bicyclic) bond motifs is 3. The third-order valence-electron chi connectivity index (χ3n) is 5.43. The van der Waals surface area contributed by atoms with E-state index >= 15 is 0 Å². The molecule has 3 atom stereocenters. The van der Waals surface area contributed by atoms with Gasteiger partial charge in [-0.05, 0) is 30.2 Å². The van der Waals surface area contributed by atoms with E-state index in [0.29, 0.717) is 5.69 Å². The lowest BCUT2D eigenvalue weighted by atomic mass is 9.96. The van der Waals surface area contributed by atoms with Gasteiger partial charge in [0.1, 0.15) is 12.2 Å². The molecule has 29 heavy (non-hydrogen) atoms. The number of anilines is 1. The molecule has 152 valence electrons. The summed E-state index contributed by atoms with van der Waals surface area (Å²) >= 11 is 0. The molecule has 0 radical (unpaired) electrons. The van der Waals surface area contributed by atoms with E-state index in [4.69, 9.17) is 9.47 Å². The van der Waals surface area contributed by atoms with Crippen molar-refractivity contribution in [2.24, 2.45) is 0 Å². The first-order valence-corrected chi connectivity index (χ1v) is 10.5. The zero-order valence-corrected chi connectivity index (χ0v) is 16.7. The molecular weight excluding hydrogens is 396 g/mol. The van der Waals surface area contributed by atoms with Crippen LogP contribution in [0.3, 0.4) is 0 Å². The van der Waals surface area contributed by atoms with Crippen LogP contribution in [0.4, 0.5) is 10.5 Å². The Hall–Kier alpha value is -3.07. The van der Waals surface area contributed by atoms with E-state index in [-0.39, 0.29) is 17.2 Å². The number of carbonyl (C=O) groups excluding carboxylic acids is 2. The number of sulfonamides is 1. The first-order valence-electron chi connectivity index (χ1n) is 9.04. The SMILES string of the molecule is COC(=O)[C@H]1C[C@H]2c3ccccc3N(S(=O)(=O)c3ccccc3)[C@@H]2N1C(=O)OC. The molecule has 2 aromatic rings. The Kier molecular flexibility index (Phi) is 4.70. The molecule has 0 aromatic heterocycles. The van der Waals surface area contributed by atoms with Gasteiger partial charge in [0, 0.05) is 5.92 Å². The van der Waals surface area contributed by atoms with Gasteiger partial charge in [0.2, 0.25) is 0 Å². The predicted molar refractivity (Wildman–Crippen MR) is 104 cm³/mol. The fraction of sp³-hybridized carbons (Fsp3) is 0.300. The highest BCUT2D eigenvalue weighted by Crippen LogP contribution is 2.52. The van der Waals surface area contributed by atoms with Crippen molar-refractivity contribution in [3.63, 3.8) is 0 Å². The number of hydrogen-bond acceptors (Lipinski definition) is 6. The van der Waals surface area contributed by atoms with Crippen molar-refractivity contribution in [1.82, 2.24) is 4.90 Å². The molecule has 0 bridgehead atoms. The van der Waals surface area contributed by atoms with Gasteiger partial charge in [-0.1, -0.05) is 36.4 Å². The van der Waals surface area contributed by atoms with Crippen LogP contribution in [0, 0.1) is 0 Å². The van der Waals surface area contributed by atoms with Gasteiger partial charge in [-0.3, -0.25) is 4.90 Å². The number of likely N-dealkylation sites (tertiary alicyclic amines) is 1. The number of rotatable bonds is 3. The average Bonchev–Trinajstić information content (AvgIpc) is 3.28. The highest BCUT2D eigenvalue weighted by Gasteiger charge is 2.58. The standard InChI is InChI=1S/C20H20N2O6S/c1-27-19(23)17-12-15-14-10-6-7-11-16(14)22(18(15)21(17)20(24)28-2)29(25,26)13-8-4-3-5-9-13/h3-11,15,17-18H,12H2,1-2H3/t15-,17+,18-/m0/s1. The first-order chi connectivity index (χ1) is 13.9. The van der Waals surface area contributed by atoms with E-state index in [2.05, 4.69) is 0 Å². The quantitative estimate of drug-likeness (QED) is 0.713. The number of para-hydroxylation sites is 1. The molecule has 2 aliphatic rings. The summed E-state index contributed by atoms with van der Waals surface area (Å²) < 4.78 is 38.1. The molecule has 0 N–H and O–H groups in total. The summed E-state index contributed by atoms with van der Waals surface area (Å²) in [5.74, 6) is -0.993. The maximum atomic E-state index is 13.6. The van der Waals surface area contributed by atoms with Crippen LogP contribution in [0.2, 0.25) is 0 Å². The molecular formula is C20H20N2O6S. The van der Waals surface area contributed by atoms with Gasteiger partial charge in [0.15, 0.2) is 0 Å². The van der Waals surface area contributed by atoms with Crippen molar-refractivity contribution in [2.45, 2.75) is 29.4 Å². The van der Waals surface area contributed by atoms with E-state index in [1.807, 2.05) is 12.1 Å². The number of methoxy groups -OCH3 is 2. The van der Waals surface area contributed by atoms with Crippen LogP contribution in [-0.4, -0.2) is 51.8 Å².